The van der Waals surface area contributed by atoms with Gasteiger partial charge in [-0.05, 0) is 24.3 Å². The number of nitrogens with zero attached hydrogens (tertiary/aromatic N) is 1. The number of halogens is 3. The highest BCUT2D eigenvalue weighted by Crippen LogP contribution is 2.32. The summed E-state index contributed by atoms with van der Waals surface area (Å²) in [5.74, 6) is -1.99. The molecule has 0 saturated carbocycles. The second-order valence-corrected chi connectivity index (χ2v) is 4.85. The first-order valence-electron chi connectivity index (χ1n) is 6.81. The van der Waals surface area contributed by atoms with E-state index in [1.54, 1.807) is 0 Å². The van der Waals surface area contributed by atoms with Crippen LogP contribution in [0.5, 0.6) is 0 Å². The van der Waals surface area contributed by atoms with Gasteiger partial charge in [0.1, 0.15) is 0 Å². The van der Waals surface area contributed by atoms with E-state index in [1.807, 2.05) is 0 Å². The van der Waals surface area contributed by atoms with E-state index < -0.39 is 40.6 Å². The molecule has 0 saturated heterocycles. The normalized spacial score (nSPS) is 11.0. The molecule has 0 radical (unpaired) electrons. The maximum atomic E-state index is 12.8. The summed E-state index contributed by atoms with van der Waals surface area (Å²) in [6.45, 7) is -0.789. The third-order valence-electron chi connectivity index (χ3n) is 3.19. The Morgan fingerprint density at radius 2 is 1.64 bits per heavy atom. The van der Waals surface area contributed by atoms with Gasteiger partial charge in [0.15, 0.2) is 12.4 Å². The fraction of sp³-hybridized carbons (Fsp3) is 0.125. The van der Waals surface area contributed by atoms with Crippen LogP contribution in [-0.4, -0.2) is 23.3 Å². The lowest BCUT2D eigenvalue weighted by Gasteiger charge is -2.11. The van der Waals surface area contributed by atoms with Crippen LogP contribution in [0.25, 0.3) is 0 Å². The summed E-state index contributed by atoms with van der Waals surface area (Å²) >= 11 is 0. The summed E-state index contributed by atoms with van der Waals surface area (Å²) in [4.78, 5) is 33.6. The zero-order valence-electron chi connectivity index (χ0n) is 12.4. The smallest absolute Gasteiger partial charge is 0.417 e. The number of hydrogen-bond acceptors (Lipinski definition) is 5. The van der Waals surface area contributed by atoms with Crippen LogP contribution in [0.3, 0.4) is 0 Å². The fourth-order valence-electron chi connectivity index (χ4n) is 1.97. The third-order valence-corrected chi connectivity index (χ3v) is 3.19. The molecule has 0 N–H and O–H groups in total. The molecular weight excluding hydrogens is 343 g/mol. The standard InChI is InChI=1S/C16H10F3NO5/c17-16(18,19)13-4-2-1-3-12(13)15(22)25-9-14(21)10-5-7-11(8-6-10)20(23)24/h1-8H,9H2. The van der Waals surface area contributed by atoms with Crippen LogP contribution in [0, 0.1) is 10.1 Å². The van der Waals surface area contributed by atoms with E-state index in [0.29, 0.717) is 0 Å². The number of benzene rings is 2. The molecule has 0 bridgehead atoms. The summed E-state index contributed by atoms with van der Waals surface area (Å²) in [6, 6.07) is 8.56. The van der Waals surface area contributed by atoms with E-state index in [2.05, 4.69) is 4.74 Å². The van der Waals surface area contributed by atoms with Crippen LogP contribution in [-0.2, 0) is 10.9 Å². The molecule has 6 nitrogen and oxygen atoms in total. The van der Waals surface area contributed by atoms with Gasteiger partial charge in [0, 0.05) is 17.7 Å². The number of ether oxygens (including phenoxy) is 1. The Morgan fingerprint density at radius 3 is 2.20 bits per heavy atom. The largest absolute Gasteiger partial charge is 0.454 e. The second-order valence-electron chi connectivity index (χ2n) is 4.85. The van der Waals surface area contributed by atoms with Gasteiger partial charge >= 0.3 is 12.1 Å². The number of Topliss-reactive ketones (excluding diaryl/α,β-unsaturated/α-hetero) is 1. The zero-order valence-corrected chi connectivity index (χ0v) is 12.4. The predicted molar refractivity (Wildman–Crippen MR) is 79.2 cm³/mol. The van der Waals surface area contributed by atoms with Crippen molar-refractivity contribution in [3.63, 3.8) is 0 Å². The molecule has 0 heterocycles. The van der Waals surface area contributed by atoms with Crippen LogP contribution in [0.15, 0.2) is 48.5 Å². The highest BCUT2D eigenvalue weighted by molar-refractivity contribution is 5.99. The Morgan fingerprint density at radius 1 is 1.04 bits per heavy atom. The minimum absolute atomic E-state index is 0.0301. The number of alkyl halides is 3. The third kappa shape index (κ3) is 4.40. The van der Waals surface area contributed by atoms with E-state index in [4.69, 9.17) is 0 Å². The van der Waals surface area contributed by atoms with Gasteiger partial charge in [0.2, 0.25) is 0 Å². The molecule has 130 valence electrons. The summed E-state index contributed by atoms with van der Waals surface area (Å²) in [7, 11) is 0. The van der Waals surface area contributed by atoms with Gasteiger partial charge in [-0.15, -0.1) is 0 Å². The van der Waals surface area contributed by atoms with E-state index in [1.165, 1.54) is 6.07 Å². The zero-order chi connectivity index (χ0) is 18.6. The number of esters is 1. The molecule has 2 rings (SSSR count). The first kappa shape index (κ1) is 18.1. The minimum atomic E-state index is -4.74. The van der Waals surface area contributed by atoms with Gasteiger partial charge in [-0.1, -0.05) is 12.1 Å². The van der Waals surface area contributed by atoms with Crippen LogP contribution in [0.4, 0.5) is 18.9 Å². The maximum absolute atomic E-state index is 12.8. The van der Waals surface area contributed by atoms with Gasteiger partial charge in [0.05, 0.1) is 16.1 Å². The highest BCUT2D eigenvalue weighted by Gasteiger charge is 2.35. The Bertz CT molecular complexity index is 815. The molecule has 0 fully saturated rings. The van der Waals surface area contributed by atoms with Gasteiger partial charge in [-0.25, -0.2) is 4.79 Å². The number of nitro groups is 1. The van der Waals surface area contributed by atoms with Crippen molar-refractivity contribution in [3.8, 4) is 0 Å². The lowest BCUT2D eigenvalue weighted by Crippen LogP contribution is -2.18. The van der Waals surface area contributed by atoms with Gasteiger partial charge in [-0.3, -0.25) is 14.9 Å². The number of hydrogen-bond donors (Lipinski definition) is 0. The van der Waals surface area contributed by atoms with E-state index in [-0.39, 0.29) is 11.3 Å². The molecule has 0 unspecified atom stereocenters. The number of nitro benzene ring substituents is 1. The monoisotopic (exact) mass is 353 g/mol. The SMILES string of the molecule is O=C(COC(=O)c1ccccc1C(F)(F)F)c1ccc([N+](=O)[O-])cc1. The molecule has 0 aliphatic heterocycles. The Hall–Kier alpha value is -3.23. The first-order chi connectivity index (χ1) is 11.7. The molecule has 0 aliphatic rings. The summed E-state index contributed by atoms with van der Waals surface area (Å²) in [5, 5.41) is 10.5. The Kier molecular flexibility index (Phi) is 5.16. The highest BCUT2D eigenvalue weighted by atomic mass is 19.4. The van der Waals surface area contributed by atoms with Gasteiger partial charge in [-0.2, -0.15) is 13.2 Å². The number of rotatable bonds is 5. The topological polar surface area (TPSA) is 86.5 Å². The van der Waals surface area contributed by atoms with Crippen molar-refractivity contribution >= 4 is 17.4 Å². The maximum Gasteiger partial charge on any atom is 0.417 e. The van der Waals surface area contributed by atoms with Crippen LogP contribution in [0.1, 0.15) is 26.3 Å². The molecule has 0 spiro atoms. The summed E-state index contributed by atoms with van der Waals surface area (Å²) in [5.41, 5.74) is -2.07. The molecule has 0 aliphatic carbocycles. The first-order valence-corrected chi connectivity index (χ1v) is 6.81. The molecular formula is C16H10F3NO5. The molecule has 2 aromatic rings. The lowest BCUT2D eigenvalue weighted by molar-refractivity contribution is -0.384. The molecule has 0 aromatic heterocycles. The number of carbonyl (C=O) groups excluding carboxylic acids is 2. The molecule has 2 aromatic carbocycles. The van der Waals surface area contributed by atoms with Crippen LogP contribution in [0.2, 0.25) is 0 Å². The Labute approximate surface area is 139 Å². The number of carbonyl (C=O) groups is 2. The molecule has 0 amide bonds. The summed E-state index contributed by atoms with van der Waals surface area (Å²) < 4.78 is 43.2. The van der Waals surface area contributed by atoms with E-state index >= 15 is 0 Å². The van der Waals surface area contributed by atoms with Crippen LogP contribution < -0.4 is 0 Å². The van der Waals surface area contributed by atoms with Crippen molar-refractivity contribution in [1.29, 1.82) is 0 Å². The minimum Gasteiger partial charge on any atom is -0.454 e. The van der Waals surface area contributed by atoms with Gasteiger partial charge < -0.3 is 4.74 Å². The van der Waals surface area contributed by atoms with Crippen molar-refractivity contribution < 1.29 is 32.4 Å². The van der Waals surface area contributed by atoms with E-state index in [0.717, 1.165) is 42.5 Å². The van der Waals surface area contributed by atoms with Gasteiger partial charge in [0.25, 0.3) is 5.69 Å². The van der Waals surface area contributed by atoms with Crippen molar-refractivity contribution in [3.05, 3.63) is 75.3 Å². The molecule has 25 heavy (non-hydrogen) atoms. The average molecular weight is 353 g/mol. The van der Waals surface area contributed by atoms with Crippen molar-refractivity contribution in [2.24, 2.45) is 0 Å². The van der Waals surface area contributed by atoms with E-state index in [9.17, 15) is 32.9 Å². The number of non-ortho nitro benzene ring substituents is 1. The molecule has 0 atom stereocenters. The Balaban J connectivity index is 2.07. The predicted octanol–water partition coefficient (Wildman–Crippen LogP) is 3.65. The average Bonchev–Trinajstić information content (AvgIpc) is 2.58. The van der Waals surface area contributed by atoms with Crippen molar-refractivity contribution in [2.45, 2.75) is 6.18 Å². The molecule has 9 heteroatoms. The van der Waals surface area contributed by atoms with Crippen molar-refractivity contribution in [2.75, 3.05) is 6.61 Å². The quantitative estimate of drug-likeness (QED) is 0.354. The second kappa shape index (κ2) is 7.12. The van der Waals surface area contributed by atoms with Crippen LogP contribution >= 0.6 is 0 Å². The summed E-state index contributed by atoms with van der Waals surface area (Å²) in [6.07, 6.45) is -4.74. The fourth-order valence-corrected chi connectivity index (χ4v) is 1.97. The van der Waals surface area contributed by atoms with Crippen molar-refractivity contribution in [1.82, 2.24) is 0 Å². The number of ketones is 1. The lowest BCUT2D eigenvalue weighted by atomic mass is 10.1.